The fourth-order valence-electron chi connectivity index (χ4n) is 1.60. The molecule has 0 spiro atoms. The second kappa shape index (κ2) is 8.02. The molecule has 0 aliphatic carbocycles. The highest BCUT2D eigenvalue weighted by atomic mass is 16.6. The number of carbonyl (C=O) groups is 1. The number of amides is 1. The summed E-state index contributed by atoms with van der Waals surface area (Å²) in [5, 5.41) is 2.65. The van der Waals surface area contributed by atoms with Gasteiger partial charge in [0.1, 0.15) is 11.4 Å². The van der Waals surface area contributed by atoms with Crippen molar-refractivity contribution in [2.45, 2.75) is 32.9 Å². The summed E-state index contributed by atoms with van der Waals surface area (Å²) in [5.41, 5.74) is 1.23. The van der Waals surface area contributed by atoms with Gasteiger partial charge in [-0.2, -0.15) is 0 Å². The lowest BCUT2D eigenvalue weighted by Gasteiger charge is -2.19. The quantitative estimate of drug-likeness (QED) is 0.786. The average Bonchev–Trinajstić information content (AvgIpc) is 2.88. The number of aromatic amines is 1. The molecular weight excluding hydrogens is 278 g/mol. The molecule has 0 bridgehead atoms. The second-order valence-electron chi connectivity index (χ2n) is 5.55. The first kappa shape index (κ1) is 17.5. The van der Waals surface area contributed by atoms with Gasteiger partial charge in [0.2, 0.25) is 0 Å². The van der Waals surface area contributed by atoms with E-state index in [1.165, 1.54) is 0 Å². The van der Waals surface area contributed by atoms with E-state index in [0.717, 1.165) is 11.3 Å². The van der Waals surface area contributed by atoms with Crippen molar-refractivity contribution in [3.05, 3.63) is 61.3 Å². The fraction of sp³-hybridized carbons (Fsp3) is 0.294. The first-order valence-corrected chi connectivity index (χ1v) is 6.98. The highest BCUT2D eigenvalue weighted by Crippen LogP contribution is 2.14. The molecule has 0 aromatic carbocycles. The number of alkyl carbamates (subject to hydrolysis) is 1. The third-order valence-electron chi connectivity index (χ3n) is 2.45. The van der Waals surface area contributed by atoms with Crippen LogP contribution in [0.5, 0.6) is 0 Å². The van der Waals surface area contributed by atoms with Crippen LogP contribution in [0, 0.1) is 0 Å². The van der Waals surface area contributed by atoms with Gasteiger partial charge in [0.05, 0.1) is 18.4 Å². The summed E-state index contributed by atoms with van der Waals surface area (Å²) in [4.78, 5) is 19.0. The highest BCUT2D eigenvalue weighted by molar-refractivity contribution is 5.73. The molecule has 0 atom stereocenters. The molecule has 0 aliphatic heterocycles. The number of nitrogens with one attached hydrogen (secondary N) is 2. The molecular formula is C17H23N3O2. The van der Waals surface area contributed by atoms with Gasteiger partial charge in [-0.25, -0.2) is 9.78 Å². The third-order valence-corrected chi connectivity index (χ3v) is 2.45. The smallest absolute Gasteiger partial charge is 0.408 e. The van der Waals surface area contributed by atoms with E-state index in [1.54, 1.807) is 18.3 Å². The molecule has 0 unspecified atom stereocenters. The maximum atomic E-state index is 11.6. The van der Waals surface area contributed by atoms with Crippen LogP contribution in [0.4, 0.5) is 4.79 Å². The van der Waals surface area contributed by atoms with Crippen LogP contribution >= 0.6 is 0 Å². The first-order valence-electron chi connectivity index (χ1n) is 6.98. The van der Waals surface area contributed by atoms with Crippen molar-refractivity contribution in [2.75, 3.05) is 0 Å². The third kappa shape index (κ3) is 6.26. The molecule has 0 saturated carbocycles. The number of hydrogen-bond acceptors (Lipinski definition) is 3. The summed E-state index contributed by atoms with van der Waals surface area (Å²) in [6.45, 7) is 13.0. The van der Waals surface area contributed by atoms with Gasteiger partial charge in [-0.05, 0) is 26.3 Å². The van der Waals surface area contributed by atoms with E-state index in [1.807, 2.05) is 39.0 Å². The van der Waals surface area contributed by atoms with Crippen molar-refractivity contribution in [2.24, 2.45) is 0 Å². The summed E-state index contributed by atoms with van der Waals surface area (Å²) in [7, 11) is 0. The molecule has 1 aromatic heterocycles. The van der Waals surface area contributed by atoms with Crippen LogP contribution in [0.2, 0.25) is 0 Å². The Kier molecular flexibility index (Phi) is 6.38. The van der Waals surface area contributed by atoms with Gasteiger partial charge in [-0.15, -0.1) is 0 Å². The number of ether oxygens (including phenoxy) is 1. The van der Waals surface area contributed by atoms with E-state index >= 15 is 0 Å². The summed E-state index contributed by atoms with van der Waals surface area (Å²) in [5.74, 6) is 0.642. The van der Waals surface area contributed by atoms with Crippen LogP contribution in [0.15, 0.2) is 49.7 Å². The Morgan fingerprint density at radius 2 is 2.14 bits per heavy atom. The molecule has 0 fully saturated rings. The van der Waals surface area contributed by atoms with Crippen LogP contribution in [0.3, 0.4) is 0 Å². The zero-order chi connectivity index (χ0) is 16.6. The van der Waals surface area contributed by atoms with Crippen molar-refractivity contribution in [3.8, 4) is 0 Å². The number of nitrogens with zero attached hydrogens (tertiary/aromatic N) is 1. The first-order chi connectivity index (χ1) is 10.4. The van der Waals surface area contributed by atoms with Gasteiger partial charge in [0.15, 0.2) is 0 Å². The lowest BCUT2D eigenvalue weighted by Crippen LogP contribution is -2.32. The maximum Gasteiger partial charge on any atom is 0.408 e. The Morgan fingerprint density at radius 3 is 2.73 bits per heavy atom. The number of imidazole rings is 1. The van der Waals surface area contributed by atoms with Crippen molar-refractivity contribution < 1.29 is 9.53 Å². The van der Waals surface area contributed by atoms with Crippen LogP contribution in [-0.2, 0) is 11.3 Å². The Balaban J connectivity index is 2.69. The predicted octanol–water partition coefficient (Wildman–Crippen LogP) is 3.75. The lowest BCUT2D eigenvalue weighted by atomic mass is 10.1. The van der Waals surface area contributed by atoms with Gasteiger partial charge >= 0.3 is 6.09 Å². The Hall–Kier alpha value is -2.56. The van der Waals surface area contributed by atoms with Crippen molar-refractivity contribution in [1.29, 1.82) is 0 Å². The topological polar surface area (TPSA) is 67.0 Å². The normalized spacial score (nSPS) is 12.2. The van der Waals surface area contributed by atoms with E-state index in [2.05, 4.69) is 28.4 Å². The maximum absolute atomic E-state index is 11.6. The van der Waals surface area contributed by atoms with Crippen molar-refractivity contribution >= 4 is 11.7 Å². The summed E-state index contributed by atoms with van der Waals surface area (Å²) >= 11 is 0. The molecule has 5 nitrogen and oxygen atoms in total. The molecule has 2 N–H and O–H groups in total. The minimum absolute atomic E-state index is 0.265. The molecule has 1 rings (SSSR count). The van der Waals surface area contributed by atoms with Gasteiger partial charge in [0, 0.05) is 0 Å². The summed E-state index contributed by atoms with van der Waals surface area (Å²) < 4.78 is 5.17. The lowest BCUT2D eigenvalue weighted by molar-refractivity contribution is 0.0522. The summed E-state index contributed by atoms with van der Waals surface area (Å²) in [6.07, 6.45) is 10.2. The molecule has 1 aromatic rings. The number of allylic oxidation sites excluding steroid dienone is 6. The largest absolute Gasteiger partial charge is 0.444 e. The van der Waals surface area contributed by atoms with Crippen LogP contribution in [0.1, 0.15) is 32.3 Å². The molecule has 1 heterocycles. The van der Waals surface area contributed by atoms with Crippen molar-refractivity contribution in [3.63, 3.8) is 0 Å². The zero-order valence-electron chi connectivity index (χ0n) is 13.3. The molecule has 118 valence electrons. The predicted molar refractivity (Wildman–Crippen MR) is 89.2 cm³/mol. The summed E-state index contributed by atoms with van der Waals surface area (Å²) in [6, 6.07) is 0. The van der Waals surface area contributed by atoms with E-state index in [9.17, 15) is 4.79 Å². The standard InChI is InChI=1S/C17H23N3O2/c1-6-8-10-13(9-7-2)14-11-18-15(20-14)12-19-16(21)22-17(3,4)5/h6-11H,1-2,12H2,3-5H3,(H,18,20)(H,19,21)/b10-8-,13-9+. The Labute approximate surface area is 131 Å². The number of hydrogen-bond donors (Lipinski definition) is 2. The van der Waals surface area contributed by atoms with Crippen LogP contribution in [-0.4, -0.2) is 21.7 Å². The minimum atomic E-state index is -0.520. The fourth-order valence-corrected chi connectivity index (χ4v) is 1.60. The molecule has 22 heavy (non-hydrogen) atoms. The number of aromatic nitrogens is 2. The number of H-pyrrole nitrogens is 1. The van der Waals surface area contributed by atoms with E-state index in [-0.39, 0.29) is 6.54 Å². The molecule has 1 amide bonds. The Bertz CT molecular complexity index is 589. The van der Waals surface area contributed by atoms with Crippen LogP contribution in [0.25, 0.3) is 5.57 Å². The van der Waals surface area contributed by atoms with Gasteiger partial charge in [0.25, 0.3) is 0 Å². The van der Waals surface area contributed by atoms with Gasteiger partial charge < -0.3 is 15.0 Å². The monoisotopic (exact) mass is 301 g/mol. The van der Waals surface area contributed by atoms with Gasteiger partial charge in [-0.1, -0.05) is 43.5 Å². The highest BCUT2D eigenvalue weighted by Gasteiger charge is 2.16. The molecule has 5 heteroatoms. The molecule has 0 saturated heterocycles. The van der Waals surface area contributed by atoms with E-state index < -0.39 is 11.7 Å². The SMILES string of the molecule is C=C/C=C\C(=C/C=C)c1cnc(CNC(=O)OC(C)(C)C)[nH]1. The Morgan fingerprint density at radius 1 is 1.41 bits per heavy atom. The average molecular weight is 301 g/mol. The number of rotatable bonds is 6. The number of carbonyl (C=O) groups excluding carboxylic acids is 1. The second-order valence-corrected chi connectivity index (χ2v) is 5.55. The molecule has 0 radical (unpaired) electrons. The zero-order valence-corrected chi connectivity index (χ0v) is 13.3. The van der Waals surface area contributed by atoms with E-state index in [4.69, 9.17) is 4.74 Å². The molecule has 0 aliphatic rings. The van der Waals surface area contributed by atoms with Crippen molar-refractivity contribution in [1.82, 2.24) is 15.3 Å². The van der Waals surface area contributed by atoms with Gasteiger partial charge in [-0.3, -0.25) is 0 Å². The minimum Gasteiger partial charge on any atom is -0.444 e. The van der Waals surface area contributed by atoms with E-state index in [0.29, 0.717) is 5.82 Å². The van der Waals surface area contributed by atoms with Crippen LogP contribution < -0.4 is 5.32 Å².